The molecule has 1 unspecified atom stereocenters. The van der Waals surface area contributed by atoms with Crippen LogP contribution in [0.4, 0.5) is 4.39 Å². The highest BCUT2D eigenvalue weighted by Gasteiger charge is 2.25. The van der Waals surface area contributed by atoms with E-state index in [1.54, 1.807) is 0 Å². The largest absolute Gasteiger partial charge is 0.381 e. The molecule has 0 aliphatic carbocycles. The van der Waals surface area contributed by atoms with Crippen LogP contribution in [0, 0.1) is 11.7 Å². The zero-order valence-electron chi connectivity index (χ0n) is 7.57. The molecule has 1 aromatic rings. The lowest BCUT2D eigenvalue weighted by Crippen LogP contribution is -2.15. The molecule has 1 aromatic heterocycles. The summed E-state index contributed by atoms with van der Waals surface area (Å²) in [6.07, 6.45) is 1.79. The molecular weight excluding hydrogens is 185 g/mol. The number of rotatable bonds is 2. The first-order chi connectivity index (χ1) is 6.77. The van der Waals surface area contributed by atoms with Crippen LogP contribution in [-0.2, 0) is 4.74 Å². The quantitative estimate of drug-likeness (QED) is 0.670. The summed E-state index contributed by atoms with van der Waals surface area (Å²) in [6, 6.07) is 2.66. The van der Waals surface area contributed by atoms with Crippen LogP contribution >= 0.6 is 0 Å². The molecule has 2 rings (SSSR count). The van der Waals surface area contributed by atoms with Crippen LogP contribution in [-0.4, -0.2) is 24.0 Å². The van der Waals surface area contributed by atoms with Crippen LogP contribution in [0.2, 0.25) is 0 Å². The average molecular weight is 195 g/mol. The summed E-state index contributed by atoms with van der Waals surface area (Å²) in [5.41, 5.74) is 0.321. The number of nitrogens with zero attached hydrogens (tertiary/aromatic N) is 1. The molecule has 0 bridgehead atoms. The fourth-order valence-electron chi connectivity index (χ4n) is 1.47. The summed E-state index contributed by atoms with van der Waals surface area (Å²) in [5.74, 6) is -0.584. The Balaban J connectivity index is 2.14. The number of hydrogen-bond donors (Lipinski definition) is 0. The van der Waals surface area contributed by atoms with E-state index in [-0.39, 0.29) is 11.7 Å². The monoisotopic (exact) mass is 195 g/mol. The van der Waals surface area contributed by atoms with E-state index in [0.29, 0.717) is 18.9 Å². The van der Waals surface area contributed by atoms with Crippen molar-refractivity contribution < 1.29 is 13.9 Å². The smallest absolute Gasteiger partial charge is 0.186 e. The topological polar surface area (TPSA) is 39.2 Å². The first-order valence-electron chi connectivity index (χ1n) is 4.51. The molecule has 2 heterocycles. The molecule has 1 saturated heterocycles. The second-order valence-electron chi connectivity index (χ2n) is 3.29. The normalized spacial score (nSPS) is 21.1. The maximum absolute atomic E-state index is 12.5. The molecule has 0 radical (unpaired) electrons. The first-order valence-corrected chi connectivity index (χ1v) is 4.51. The minimum Gasteiger partial charge on any atom is -0.381 e. The number of ketones is 1. The van der Waals surface area contributed by atoms with Gasteiger partial charge in [-0.3, -0.25) is 9.78 Å². The molecule has 74 valence electrons. The van der Waals surface area contributed by atoms with Gasteiger partial charge in [-0.15, -0.1) is 0 Å². The van der Waals surface area contributed by atoms with E-state index < -0.39 is 5.82 Å². The Kier molecular flexibility index (Phi) is 2.54. The highest BCUT2D eigenvalue weighted by molar-refractivity contribution is 5.96. The third-order valence-corrected chi connectivity index (χ3v) is 2.28. The third-order valence-electron chi connectivity index (χ3n) is 2.28. The average Bonchev–Trinajstić information content (AvgIpc) is 2.71. The lowest BCUT2D eigenvalue weighted by atomic mass is 10.0. The predicted octanol–water partition coefficient (Wildman–Crippen LogP) is 1.44. The van der Waals surface area contributed by atoms with Gasteiger partial charge in [0.2, 0.25) is 0 Å². The van der Waals surface area contributed by atoms with Crippen LogP contribution in [0.25, 0.3) is 0 Å². The maximum Gasteiger partial charge on any atom is 0.186 e. The van der Waals surface area contributed by atoms with Crippen molar-refractivity contribution in [1.82, 2.24) is 4.98 Å². The van der Waals surface area contributed by atoms with E-state index in [4.69, 9.17) is 4.74 Å². The number of ether oxygens (including phenoxy) is 1. The molecule has 0 saturated carbocycles. The lowest BCUT2D eigenvalue weighted by Gasteiger charge is -2.04. The zero-order valence-corrected chi connectivity index (χ0v) is 7.57. The molecule has 1 atom stereocenters. The Morgan fingerprint density at radius 1 is 1.57 bits per heavy atom. The summed E-state index contributed by atoms with van der Waals surface area (Å²) in [5, 5.41) is 0. The molecular formula is C10H10FNO2. The highest BCUT2D eigenvalue weighted by Crippen LogP contribution is 2.17. The minimum atomic E-state index is -0.427. The summed E-state index contributed by atoms with van der Waals surface area (Å²) in [6.45, 7) is 1.08. The van der Waals surface area contributed by atoms with Crippen LogP contribution in [0.5, 0.6) is 0 Å². The van der Waals surface area contributed by atoms with E-state index >= 15 is 0 Å². The molecule has 1 aliphatic heterocycles. The van der Waals surface area contributed by atoms with Crippen LogP contribution < -0.4 is 0 Å². The Bertz CT molecular complexity index is 330. The van der Waals surface area contributed by atoms with Gasteiger partial charge in [0.15, 0.2) is 5.78 Å². The highest BCUT2D eigenvalue weighted by atomic mass is 19.1. The number of hydrogen-bond acceptors (Lipinski definition) is 3. The van der Waals surface area contributed by atoms with Gasteiger partial charge in [-0.1, -0.05) is 0 Å². The number of halogens is 1. The Morgan fingerprint density at radius 2 is 2.43 bits per heavy atom. The SMILES string of the molecule is O=C(c1ccc(F)cn1)C1CCOC1. The Hall–Kier alpha value is -1.29. The number of carbonyl (C=O) groups excluding carboxylic acids is 1. The van der Waals surface area contributed by atoms with Crippen molar-refractivity contribution in [3.8, 4) is 0 Å². The summed E-state index contributed by atoms with van der Waals surface area (Å²) in [4.78, 5) is 15.4. The van der Waals surface area contributed by atoms with E-state index in [1.165, 1.54) is 12.1 Å². The van der Waals surface area contributed by atoms with Crippen molar-refractivity contribution in [3.63, 3.8) is 0 Å². The fourth-order valence-corrected chi connectivity index (χ4v) is 1.47. The number of aromatic nitrogens is 1. The van der Waals surface area contributed by atoms with Crippen LogP contribution in [0.3, 0.4) is 0 Å². The van der Waals surface area contributed by atoms with E-state index in [1.807, 2.05) is 0 Å². The molecule has 1 aliphatic rings. The van der Waals surface area contributed by atoms with Crippen molar-refractivity contribution >= 4 is 5.78 Å². The lowest BCUT2D eigenvalue weighted by molar-refractivity contribution is 0.0895. The first kappa shape index (κ1) is 9.27. The fraction of sp³-hybridized carbons (Fsp3) is 0.400. The molecule has 0 N–H and O–H groups in total. The summed E-state index contributed by atoms with van der Waals surface area (Å²) >= 11 is 0. The van der Waals surface area contributed by atoms with E-state index in [9.17, 15) is 9.18 Å². The number of carbonyl (C=O) groups is 1. The van der Waals surface area contributed by atoms with E-state index in [0.717, 1.165) is 12.6 Å². The Morgan fingerprint density at radius 3 is 3.00 bits per heavy atom. The van der Waals surface area contributed by atoms with Gasteiger partial charge in [0.1, 0.15) is 11.5 Å². The van der Waals surface area contributed by atoms with Crippen molar-refractivity contribution in [3.05, 3.63) is 29.8 Å². The van der Waals surface area contributed by atoms with Crippen molar-refractivity contribution in [2.45, 2.75) is 6.42 Å². The minimum absolute atomic E-state index is 0.0532. The van der Waals surface area contributed by atoms with Gasteiger partial charge in [-0.2, -0.15) is 0 Å². The molecule has 14 heavy (non-hydrogen) atoms. The number of pyridine rings is 1. The molecule has 0 spiro atoms. The second-order valence-corrected chi connectivity index (χ2v) is 3.29. The van der Waals surface area contributed by atoms with Gasteiger partial charge >= 0.3 is 0 Å². The standard InChI is InChI=1S/C10H10FNO2/c11-8-1-2-9(12-5-8)10(13)7-3-4-14-6-7/h1-2,5,7H,3-4,6H2. The van der Waals surface area contributed by atoms with Crippen molar-refractivity contribution in [2.75, 3.05) is 13.2 Å². The van der Waals surface area contributed by atoms with Gasteiger partial charge in [0.25, 0.3) is 0 Å². The second kappa shape index (κ2) is 3.84. The van der Waals surface area contributed by atoms with Gasteiger partial charge in [0, 0.05) is 12.5 Å². The van der Waals surface area contributed by atoms with Gasteiger partial charge in [-0.25, -0.2) is 4.39 Å². The molecule has 0 amide bonds. The van der Waals surface area contributed by atoms with Gasteiger partial charge in [0.05, 0.1) is 12.8 Å². The molecule has 3 nitrogen and oxygen atoms in total. The van der Waals surface area contributed by atoms with Gasteiger partial charge in [-0.05, 0) is 18.6 Å². The third kappa shape index (κ3) is 1.80. The Labute approximate surface area is 80.9 Å². The number of Topliss-reactive ketones (excluding diaryl/α,β-unsaturated/α-hetero) is 1. The van der Waals surface area contributed by atoms with Crippen molar-refractivity contribution in [2.24, 2.45) is 5.92 Å². The molecule has 0 aromatic carbocycles. The summed E-state index contributed by atoms with van der Waals surface area (Å²) in [7, 11) is 0. The molecule has 4 heteroatoms. The van der Waals surface area contributed by atoms with Crippen LogP contribution in [0.15, 0.2) is 18.3 Å². The van der Waals surface area contributed by atoms with Crippen molar-refractivity contribution in [1.29, 1.82) is 0 Å². The van der Waals surface area contributed by atoms with E-state index in [2.05, 4.69) is 4.98 Å². The zero-order chi connectivity index (χ0) is 9.97. The van der Waals surface area contributed by atoms with Gasteiger partial charge < -0.3 is 4.74 Å². The predicted molar refractivity (Wildman–Crippen MR) is 47.5 cm³/mol. The summed E-state index contributed by atoms with van der Waals surface area (Å²) < 4.78 is 17.6. The molecule has 1 fully saturated rings. The maximum atomic E-state index is 12.5. The van der Waals surface area contributed by atoms with Crippen LogP contribution in [0.1, 0.15) is 16.9 Å².